The van der Waals surface area contributed by atoms with E-state index in [1.54, 1.807) is 0 Å². The van der Waals surface area contributed by atoms with Gasteiger partial charge in [-0.2, -0.15) is 0 Å². The summed E-state index contributed by atoms with van der Waals surface area (Å²) in [4.78, 5) is 8.49. The van der Waals surface area contributed by atoms with Crippen molar-refractivity contribution >= 4 is 39.9 Å². The molecule has 0 radical (unpaired) electrons. The average Bonchev–Trinajstić information content (AvgIpc) is 2.44. The highest BCUT2D eigenvalue weighted by Gasteiger charge is 2.04. The number of anilines is 1. The number of nitrogens with one attached hydrogen (secondary N) is 1. The summed E-state index contributed by atoms with van der Waals surface area (Å²) in [6, 6.07) is 13.3. The molecular formula is C15H11Cl2N3. The fourth-order valence-electron chi connectivity index (χ4n) is 2.00. The molecule has 0 saturated carbocycles. The topological polar surface area (TPSA) is 37.8 Å². The molecular weight excluding hydrogens is 293 g/mol. The molecule has 0 amide bonds. The van der Waals surface area contributed by atoms with Crippen molar-refractivity contribution in [1.29, 1.82) is 0 Å². The van der Waals surface area contributed by atoms with Crippen LogP contribution in [0.25, 0.3) is 10.9 Å². The van der Waals surface area contributed by atoms with Gasteiger partial charge in [0.15, 0.2) is 0 Å². The molecule has 0 bridgehead atoms. The largest absolute Gasteiger partial charge is 0.365 e. The molecule has 0 aliphatic carbocycles. The van der Waals surface area contributed by atoms with Crippen molar-refractivity contribution in [3.05, 3.63) is 64.4 Å². The van der Waals surface area contributed by atoms with Gasteiger partial charge in [0.2, 0.25) is 0 Å². The van der Waals surface area contributed by atoms with Crippen LogP contribution in [0.4, 0.5) is 5.82 Å². The van der Waals surface area contributed by atoms with Gasteiger partial charge in [-0.25, -0.2) is 9.97 Å². The van der Waals surface area contributed by atoms with Gasteiger partial charge < -0.3 is 5.32 Å². The van der Waals surface area contributed by atoms with Gasteiger partial charge in [-0.15, -0.1) is 0 Å². The van der Waals surface area contributed by atoms with Crippen LogP contribution in [0.2, 0.25) is 10.0 Å². The van der Waals surface area contributed by atoms with Gasteiger partial charge in [0.1, 0.15) is 12.1 Å². The van der Waals surface area contributed by atoms with Crippen molar-refractivity contribution < 1.29 is 0 Å². The van der Waals surface area contributed by atoms with Crippen LogP contribution in [0.1, 0.15) is 5.56 Å². The van der Waals surface area contributed by atoms with Crippen molar-refractivity contribution in [2.24, 2.45) is 0 Å². The maximum Gasteiger partial charge on any atom is 0.137 e. The minimum atomic E-state index is 0.648. The molecule has 100 valence electrons. The van der Waals surface area contributed by atoms with Crippen LogP contribution in [-0.2, 0) is 6.54 Å². The fourth-order valence-corrected chi connectivity index (χ4v) is 2.38. The second kappa shape index (κ2) is 5.65. The van der Waals surface area contributed by atoms with Crippen LogP contribution >= 0.6 is 23.2 Å². The zero-order valence-corrected chi connectivity index (χ0v) is 12.0. The third-order valence-corrected chi connectivity index (χ3v) is 3.42. The monoisotopic (exact) mass is 303 g/mol. The van der Waals surface area contributed by atoms with Crippen LogP contribution in [0.3, 0.4) is 0 Å². The molecule has 3 aromatic rings. The Labute approximate surface area is 126 Å². The van der Waals surface area contributed by atoms with E-state index >= 15 is 0 Å². The standard InChI is InChI=1S/C15H11Cl2N3/c16-11-3-1-2-10(6-11)8-18-15-13-5-4-12(17)7-14(13)19-9-20-15/h1-7,9H,8H2,(H,18,19,20). The number of hydrogen-bond acceptors (Lipinski definition) is 3. The lowest BCUT2D eigenvalue weighted by atomic mass is 10.2. The molecule has 0 saturated heterocycles. The maximum atomic E-state index is 5.97. The van der Waals surface area contributed by atoms with E-state index in [1.807, 2.05) is 42.5 Å². The highest BCUT2D eigenvalue weighted by molar-refractivity contribution is 6.31. The second-order valence-corrected chi connectivity index (χ2v) is 5.24. The van der Waals surface area contributed by atoms with Gasteiger partial charge in [-0.05, 0) is 35.9 Å². The predicted octanol–water partition coefficient (Wildman–Crippen LogP) is 4.55. The molecule has 2 aromatic carbocycles. The lowest BCUT2D eigenvalue weighted by molar-refractivity contribution is 1.10. The van der Waals surface area contributed by atoms with Gasteiger partial charge in [0, 0.05) is 22.0 Å². The normalized spacial score (nSPS) is 10.7. The molecule has 1 aromatic heterocycles. The van der Waals surface area contributed by atoms with Gasteiger partial charge in [-0.1, -0.05) is 35.3 Å². The van der Waals surface area contributed by atoms with Gasteiger partial charge in [0.25, 0.3) is 0 Å². The summed E-state index contributed by atoms with van der Waals surface area (Å²) >= 11 is 11.9. The molecule has 1 heterocycles. The van der Waals surface area contributed by atoms with E-state index in [-0.39, 0.29) is 0 Å². The average molecular weight is 304 g/mol. The highest BCUT2D eigenvalue weighted by atomic mass is 35.5. The van der Waals surface area contributed by atoms with E-state index in [0.717, 1.165) is 27.3 Å². The Morgan fingerprint density at radius 3 is 2.65 bits per heavy atom. The van der Waals surface area contributed by atoms with E-state index in [4.69, 9.17) is 23.2 Å². The quantitative estimate of drug-likeness (QED) is 0.771. The number of hydrogen-bond donors (Lipinski definition) is 1. The Balaban J connectivity index is 1.87. The Kier molecular flexibility index (Phi) is 3.72. The molecule has 20 heavy (non-hydrogen) atoms. The summed E-state index contributed by atoms with van der Waals surface area (Å²) in [5.74, 6) is 0.784. The minimum Gasteiger partial charge on any atom is -0.365 e. The third kappa shape index (κ3) is 2.84. The van der Waals surface area contributed by atoms with Gasteiger partial charge in [-0.3, -0.25) is 0 Å². The van der Waals surface area contributed by atoms with E-state index < -0.39 is 0 Å². The zero-order valence-electron chi connectivity index (χ0n) is 10.5. The molecule has 5 heteroatoms. The highest BCUT2D eigenvalue weighted by Crippen LogP contribution is 2.23. The molecule has 0 spiro atoms. The van der Waals surface area contributed by atoms with Gasteiger partial charge in [0.05, 0.1) is 5.52 Å². The first-order valence-electron chi connectivity index (χ1n) is 6.11. The van der Waals surface area contributed by atoms with E-state index in [2.05, 4.69) is 15.3 Å². The van der Waals surface area contributed by atoms with Crippen LogP contribution < -0.4 is 5.32 Å². The lowest BCUT2D eigenvalue weighted by Crippen LogP contribution is -2.02. The minimum absolute atomic E-state index is 0.648. The first-order chi connectivity index (χ1) is 9.72. The summed E-state index contributed by atoms with van der Waals surface area (Å²) in [6.45, 7) is 0.648. The maximum absolute atomic E-state index is 5.97. The molecule has 0 aliphatic heterocycles. The molecule has 0 aliphatic rings. The lowest BCUT2D eigenvalue weighted by Gasteiger charge is -2.08. The number of benzene rings is 2. The molecule has 0 atom stereocenters. The first-order valence-corrected chi connectivity index (χ1v) is 6.86. The predicted molar refractivity (Wildman–Crippen MR) is 83.3 cm³/mol. The Morgan fingerprint density at radius 2 is 1.80 bits per heavy atom. The zero-order chi connectivity index (χ0) is 13.9. The number of fused-ring (bicyclic) bond motifs is 1. The number of nitrogens with zero attached hydrogens (tertiary/aromatic N) is 2. The Morgan fingerprint density at radius 1 is 0.950 bits per heavy atom. The van der Waals surface area contributed by atoms with Crippen molar-refractivity contribution in [2.45, 2.75) is 6.54 Å². The molecule has 3 rings (SSSR count). The Bertz CT molecular complexity index is 759. The fraction of sp³-hybridized carbons (Fsp3) is 0.0667. The Hall–Kier alpha value is -1.84. The van der Waals surface area contributed by atoms with Crippen LogP contribution in [0.5, 0.6) is 0 Å². The van der Waals surface area contributed by atoms with Crippen LogP contribution in [0, 0.1) is 0 Å². The molecule has 0 unspecified atom stereocenters. The number of rotatable bonds is 3. The van der Waals surface area contributed by atoms with E-state index in [9.17, 15) is 0 Å². The summed E-state index contributed by atoms with van der Waals surface area (Å²) < 4.78 is 0. The van der Waals surface area contributed by atoms with Crippen molar-refractivity contribution in [1.82, 2.24) is 9.97 Å². The number of aromatic nitrogens is 2. The van der Waals surface area contributed by atoms with Crippen molar-refractivity contribution in [3.8, 4) is 0 Å². The summed E-state index contributed by atoms with van der Waals surface area (Å²) in [7, 11) is 0. The van der Waals surface area contributed by atoms with E-state index in [1.165, 1.54) is 6.33 Å². The van der Waals surface area contributed by atoms with Crippen molar-refractivity contribution in [3.63, 3.8) is 0 Å². The smallest absolute Gasteiger partial charge is 0.137 e. The SMILES string of the molecule is Clc1cccc(CNc2ncnc3cc(Cl)ccc23)c1. The van der Waals surface area contributed by atoms with Crippen LogP contribution in [-0.4, -0.2) is 9.97 Å². The van der Waals surface area contributed by atoms with Gasteiger partial charge >= 0.3 is 0 Å². The molecule has 3 nitrogen and oxygen atoms in total. The second-order valence-electron chi connectivity index (χ2n) is 4.37. The van der Waals surface area contributed by atoms with Crippen LogP contribution in [0.15, 0.2) is 48.8 Å². The van der Waals surface area contributed by atoms with Crippen molar-refractivity contribution in [2.75, 3.05) is 5.32 Å². The molecule has 1 N–H and O–H groups in total. The number of halogens is 2. The molecule has 0 fully saturated rings. The first kappa shape index (κ1) is 13.2. The van der Waals surface area contributed by atoms with E-state index in [0.29, 0.717) is 11.6 Å². The summed E-state index contributed by atoms with van der Waals surface area (Å²) in [6.07, 6.45) is 1.53. The summed E-state index contributed by atoms with van der Waals surface area (Å²) in [5, 5.41) is 5.63. The summed E-state index contributed by atoms with van der Waals surface area (Å²) in [5.41, 5.74) is 1.92. The third-order valence-electron chi connectivity index (χ3n) is 2.95.